The zero-order valence-electron chi connectivity index (χ0n) is 12.9. The van der Waals surface area contributed by atoms with Gasteiger partial charge in [0, 0.05) is 26.3 Å². The largest absolute Gasteiger partial charge is 0.354 e. The number of carbonyl (C=O) groups is 1. The van der Waals surface area contributed by atoms with Gasteiger partial charge in [0.2, 0.25) is 0 Å². The summed E-state index contributed by atoms with van der Waals surface area (Å²) in [6.45, 7) is 0. The molecule has 0 saturated heterocycles. The van der Waals surface area contributed by atoms with Gasteiger partial charge in [-0.25, -0.2) is 0 Å². The number of nitrogens with one attached hydrogen (secondary N) is 1. The minimum absolute atomic E-state index is 0.190. The van der Waals surface area contributed by atoms with Crippen molar-refractivity contribution in [2.75, 3.05) is 0 Å². The quantitative estimate of drug-likeness (QED) is 0.509. The van der Waals surface area contributed by atoms with E-state index in [9.17, 15) is 4.79 Å². The molecule has 1 heterocycles. The summed E-state index contributed by atoms with van der Waals surface area (Å²) < 4.78 is 0.995. The number of benzene rings is 2. The summed E-state index contributed by atoms with van der Waals surface area (Å²) in [6.07, 6.45) is 5.98. The van der Waals surface area contributed by atoms with Crippen LogP contribution >= 0.6 is 27.5 Å². The molecule has 2 aromatic carbocycles. The lowest BCUT2D eigenvalue weighted by Crippen LogP contribution is -2.02. The Labute approximate surface area is 153 Å². The van der Waals surface area contributed by atoms with Gasteiger partial charge in [0.05, 0.1) is 11.3 Å². The highest BCUT2D eigenvalue weighted by Crippen LogP contribution is 2.37. The van der Waals surface area contributed by atoms with E-state index in [-0.39, 0.29) is 11.7 Å². The highest BCUT2D eigenvalue weighted by molar-refractivity contribution is 9.10. The number of rotatable bonds is 4. The Morgan fingerprint density at radius 2 is 1.88 bits per heavy atom. The van der Waals surface area contributed by atoms with E-state index in [0.717, 1.165) is 45.0 Å². The van der Waals surface area contributed by atoms with E-state index in [2.05, 4.69) is 20.9 Å². The van der Waals surface area contributed by atoms with Gasteiger partial charge in [-0.1, -0.05) is 51.8 Å². The van der Waals surface area contributed by atoms with Crippen LogP contribution < -0.4 is 0 Å². The number of carbonyl (C=O) groups excluding carboxylic acids is 1. The number of halogens is 2. The van der Waals surface area contributed by atoms with Gasteiger partial charge < -0.3 is 4.98 Å². The Kier molecular flexibility index (Phi) is 4.07. The lowest BCUT2D eigenvalue weighted by atomic mass is 10.0. The monoisotopic (exact) mass is 399 g/mol. The van der Waals surface area contributed by atoms with Crippen LogP contribution in [0.15, 0.2) is 46.9 Å². The van der Waals surface area contributed by atoms with Gasteiger partial charge in [0.15, 0.2) is 5.78 Å². The fourth-order valence-electron chi connectivity index (χ4n) is 2.88. The topological polar surface area (TPSA) is 32.9 Å². The van der Waals surface area contributed by atoms with Gasteiger partial charge in [-0.05, 0) is 48.7 Å². The molecule has 1 aromatic heterocycles. The van der Waals surface area contributed by atoms with Crippen LogP contribution in [0.25, 0.3) is 23.1 Å². The van der Waals surface area contributed by atoms with E-state index in [0.29, 0.717) is 5.02 Å². The van der Waals surface area contributed by atoms with Crippen molar-refractivity contribution in [2.24, 2.45) is 5.92 Å². The molecule has 1 saturated carbocycles. The van der Waals surface area contributed by atoms with E-state index in [1.54, 1.807) is 0 Å². The Morgan fingerprint density at radius 3 is 2.58 bits per heavy atom. The van der Waals surface area contributed by atoms with Crippen LogP contribution in [0.3, 0.4) is 0 Å². The van der Waals surface area contributed by atoms with Crippen molar-refractivity contribution in [2.45, 2.75) is 12.8 Å². The van der Waals surface area contributed by atoms with Crippen LogP contribution in [0.1, 0.15) is 34.5 Å². The summed E-state index contributed by atoms with van der Waals surface area (Å²) in [5.41, 5.74) is 3.70. The minimum atomic E-state index is 0.190. The average molecular weight is 401 g/mol. The predicted molar refractivity (Wildman–Crippen MR) is 103 cm³/mol. The molecule has 1 aliphatic carbocycles. The molecule has 4 rings (SSSR count). The van der Waals surface area contributed by atoms with E-state index in [1.807, 2.05) is 54.6 Å². The Morgan fingerprint density at radius 1 is 1.12 bits per heavy atom. The number of aromatic nitrogens is 1. The molecule has 0 atom stereocenters. The molecular formula is C20H15BrClNO. The number of aromatic amines is 1. The minimum Gasteiger partial charge on any atom is -0.354 e. The molecule has 0 spiro atoms. The molecule has 0 amide bonds. The third kappa shape index (κ3) is 3.06. The molecule has 0 unspecified atom stereocenters. The maximum absolute atomic E-state index is 12.8. The first-order chi connectivity index (χ1) is 11.6. The summed E-state index contributed by atoms with van der Waals surface area (Å²) in [5.74, 6) is 0.439. The number of fused-ring (bicyclic) bond motifs is 1. The number of hydrogen-bond acceptors (Lipinski definition) is 1. The van der Waals surface area contributed by atoms with Crippen molar-refractivity contribution < 1.29 is 4.79 Å². The van der Waals surface area contributed by atoms with Crippen molar-refractivity contribution in [3.05, 3.63) is 68.8 Å². The maximum Gasteiger partial charge on any atom is 0.168 e. The second-order valence-corrected chi connectivity index (χ2v) is 7.48. The Hall–Kier alpha value is -1.84. The van der Waals surface area contributed by atoms with Gasteiger partial charge in [-0.3, -0.25) is 4.79 Å². The number of Topliss-reactive ketones (excluding diaryl/α,β-unsaturated/α-hetero) is 1. The fraction of sp³-hybridized carbons (Fsp3) is 0.150. The highest BCUT2D eigenvalue weighted by atomic mass is 79.9. The van der Waals surface area contributed by atoms with Gasteiger partial charge in [0.25, 0.3) is 0 Å². The second-order valence-electron chi connectivity index (χ2n) is 6.13. The first-order valence-electron chi connectivity index (χ1n) is 7.91. The van der Waals surface area contributed by atoms with E-state index in [4.69, 9.17) is 11.6 Å². The average Bonchev–Trinajstić information content (AvgIpc) is 3.35. The summed E-state index contributed by atoms with van der Waals surface area (Å²) in [5, 5.41) is 1.71. The summed E-state index contributed by atoms with van der Waals surface area (Å²) in [6, 6.07) is 13.6. The first kappa shape index (κ1) is 15.7. The normalized spacial score (nSPS) is 14.6. The molecule has 3 aromatic rings. The third-order valence-electron chi connectivity index (χ3n) is 4.30. The van der Waals surface area contributed by atoms with Crippen LogP contribution in [-0.2, 0) is 0 Å². The zero-order valence-corrected chi connectivity index (χ0v) is 15.2. The first-order valence-corrected chi connectivity index (χ1v) is 9.08. The third-order valence-corrected chi connectivity index (χ3v) is 5.04. The predicted octanol–water partition coefficient (Wildman–Crippen LogP) is 6.35. The number of ketones is 1. The van der Waals surface area contributed by atoms with Gasteiger partial charge in [0.1, 0.15) is 0 Å². The zero-order chi connectivity index (χ0) is 16.7. The summed E-state index contributed by atoms with van der Waals surface area (Å²) in [7, 11) is 0. The van der Waals surface area contributed by atoms with Crippen LogP contribution in [0, 0.1) is 5.92 Å². The molecule has 0 bridgehead atoms. The van der Waals surface area contributed by atoms with Crippen LogP contribution in [0.4, 0.5) is 0 Å². The molecule has 1 aliphatic rings. The molecule has 1 fully saturated rings. The van der Waals surface area contributed by atoms with Gasteiger partial charge in [-0.2, -0.15) is 0 Å². The van der Waals surface area contributed by atoms with Crippen LogP contribution in [-0.4, -0.2) is 10.8 Å². The fourth-order valence-corrected chi connectivity index (χ4v) is 3.37. The van der Waals surface area contributed by atoms with Gasteiger partial charge >= 0.3 is 0 Å². The van der Waals surface area contributed by atoms with Crippen molar-refractivity contribution in [1.29, 1.82) is 0 Å². The molecule has 24 heavy (non-hydrogen) atoms. The highest BCUT2D eigenvalue weighted by Gasteiger charge is 2.33. The number of H-pyrrole nitrogens is 1. The van der Waals surface area contributed by atoms with E-state index >= 15 is 0 Å². The van der Waals surface area contributed by atoms with Gasteiger partial charge in [-0.15, -0.1) is 0 Å². The molecular weight excluding hydrogens is 386 g/mol. The van der Waals surface area contributed by atoms with Crippen molar-refractivity contribution in [3.8, 4) is 0 Å². The van der Waals surface area contributed by atoms with Crippen LogP contribution in [0.2, 0.25) is 5.02 Å². The lowest BCUT2D eigenvalue weighted by Gasteiger charge is -2.00. The number of hydrogen-bond donors (Lipinski definition) is 1. The Balaban J connectivity index is 1.79. The molecule has 120 valence electrons. The van der Waals surface area contributed by atoms with Crippen molar-refractivity contribution in [1.82, 2.24) is 4.98 Å². The summed E-state index contributed by atoms with van der Waals surface area (Å²) in [4.78, 5) is 16.1. The Bertz CT molecular complexity index is 952. The molecule has 4 heteroatoms. The van der Waals surface area contributed by atoms with Crippen molar-refractivity contribution >= 4 is 56.4 Å². The molecule has 1 N–H and O–H groups in total. The van der Waals surface area contributed by atoms with E-state index in [1.165, 1.54) is 0 Å². The standard InChI is InChI=1S/C20H15BrClNO/c21-14-6-9-16-18(11-14)23-17(19(16)20(24)13-4-5-13)10-3-12-1-7-15(22)8-2-12/h1-3,6-11,13,23H,4-5H2. The lowest BCUT2D eigenvalue weighted by molar-refractivity contribution is 0.0969. The van der Waals surface area contributed by atoms with Crippen molar-refractivity contribution in [3.63, 3.8) is 0 Å². The smallest absolute Gasteiger partial charge is 0.168 e. The second kappa shape index (κ2) is 6.23. The SMILES string of the molecule is O=C(c1c(C=Cc2ccc(Cl)cc2)[nH]c2cc(Br)ccc12)C1CC1. The summed E-state index contributed by atoms with van der Waals surface area (Å²) >= 11 is 9.42. The molecule has 0 aliphatic heterocycles. The molecule has 2 nitrogen and oxygen atoms in total. The van der Waals surface area contributed by atoms with E-state index < -0.39 is 0 Å². The molecule has 0 radical (unpaired) electrons. The maximum atomic E-state index is 12.8. The van der Waals surface area contributed by atoms with Crippen LogP contribution in [0.5, 0.6) is 0 Å².